The molecule has 0 unspecified atom stereocenters. The summed E-state index contributed by atoms with van der Waals surface area (Å²) in [5.41, 5.74) is 0.155. The molecule has 118 valence electrons. The molecule has 2 rings (SSSR count). The van der Waals surface area contributed by atoms with Crippen molar-refractivity contribution in [3.05, 3.63) is 34.9 Å². The number of rotatable bonds is 4. The first-order valence-electron chi connectivity index (χ1n) is 6.75. The van der Waals surface area contributed by atoms with Crippen LogP contribution in [0, 0.1) is 18.6 Å². The van der Waals surface area contributed by atoms with Crippen LogP contribution in [0.25, 0.3) is 0 Å². The Morgan fingerprint density at radius 1 is 1.29 bits per heavy atom. The summed E-state index contributed by atoms with van der Waals surface area (Å²) < 4.78 is 26.7. The van der Waals surface area contributed by atoms with Crippen LogP contribution in [0.4, 0.5) is 8.78 Å². The maximum absolute atomic E-state index is 13.5. The van der Waals surface area contributed by atoms with Crippen LogP contribution in [0.3, 0.4) is 0 Å². The summed E-state index contributed by atoms with van der Waals surface area (Å²) in [7, 11) is 0. The fourth-order valence-electron chi connectivity index (χ4n) is 2.19. The Balaban J connectivity index is 0.00000220. The number of carbonyl (C=O) groups is 1. The number of amides is 1. The number of carbonyl (C=O) groups excluding carboxylic acids is 1. The van der Waals surface area contributed by atoms with E-state index in [0.717, 1.165) is 38.8 Å². The number of benzene rings is 1. The fourth-order valence-corrected chi connectivity index (χ4v) is 2.19. The van der Waals surface area contributed by atoms with Crippen LogP contribution in [0.2, 0.25) is 0 Å². The molecule has 0 bridgehead atoms. The molecule has 0 atom stereocenters. The van der Waals surface area contributed by atoms with Crippen molar-refractivity contribution >= 4 is 18.3 Å². The normalized spacial score (nSPS) is 15.4. The van der Waals surface area contributed by atoms with Gasteiger partial charge in [0, 0.05) is 45.3 Å². The van der Waals surface area contributed by atoms with Crippen LogP contribution >= 0.6 is 12.4 Å². The second-order valence-electron chi connectivity index (χ2n) is 4.93. The van der Waals surface area contributed by atoms with Gasteiger partial charge in [0.1, 0.15) is 11.6 Å². The fraction of sp³-hybridized carbons (Fsp3) is 0.500. The Labute approximate surface area is 129 Å². The first-order chi connectivity index (χ1) is 9.58. The van der Waals surface area contributed by atoms with Gasteiger partial charge in [0.2, 0.25) is 0 Å². The van der Waals surface area contributed by atoms with Gasteiger partial charge in [0.25, 0.3) is 5.91 Å². The molecule has 1 aliphatic heterocycles. The van der Waals surface area contributed by atoms with Gasteiger partial charge in [-0.15, -0.1) is 12.4 Å². The monoisotopic (exact) mass is 319 g/mol. The van der Waals surface area contributed by atoms with Crippen molar-refractivity contribution in [3.8, 4) is 0 Å². The number of halogens is 3. The van der Waals surface area contributed by atoms with Crippen LogP contribution in [0.5, 0.6) is 0 Å². The predicted octanol–water partition coefficient (Wildman–Crippen LogP) is 1.33. The molecule has 1 aliphatic rings. The summed E-state index contributed by atoms with van der Waals surface area (Å²) in [5.74, 6) is -1.96. The van der Waals surface area contributed by atoms with E-state index < -0.39 is 17.5 Å². The van der Waals surface area contributed by atoms with Crippen LogP contribution in [0.15, 0.2) is 12.1 Å². The highest BCUT2D eigenvalue weighted by molar-refractivity contribution is 5.94. The molecule has 0 saturated carbocycles. The molecular weight excluding hydrogens is 300 g/mol. The minimum Gasteiger partial charge on any atom is -0.351 e. The lowest BCUT2D eigenvalue weighted by molar-refractivity contribution is 0.0943. The van der Waals surface area contributed by atoms with Crippen LogP contribution < -0.4 is 10.6 Å². The standard InChI is InChI=1S/C14H19F2N3O.ClH/c1-10-8-11(13(16)9-12(10)15)14(20)18-4-7-19-5-2-17-3-6-19;/h8-9,17H,2-7H2,1H3,(H,18,20);1H. The minimum atomic E-state index is -0.826. The SMILES string of the molecule is Cc1cc(C(=O)NCCN2CCNCC2)c(F)cc1F.Cl. The van der Waals surface area contributed by atoms with E-state index in [1.807, 2.05) is 0 Å². The molecule has 1 heterocycles. The molecule has 4 nitrogen and oxygen atoms in total. The van der Waals surface area contributed by atoms with E-state index in [9.17, 15) is 13.6 Å². The zero-order valence-electron chi connectivity index (χ0n) is 11.9. The topological polar surface area (TPSA) is 44.4 Å². The summed E-state index contributed by atoms with van der Waals surface area (Å²) in [5, 5.41) is 5.91. The number of hydrogen-bond acceptors (Lipinski definition) is 3. The van der Waals surface area contributed by atoms with Crippen molar-refractivity contribution in [2.75, 3.05) is 39.3 Å². The highest BCUT2D eigenvalue weighted by Crippen LogP contribution is 2.13. The second kappa shape index (κ2) is 8.26. The van der Waals surface area contributed by atoms with Crippen molar-refractivity contribution in [2.45, 2.75) is 6.92 Å². The zero-order valence-corrected chi connectivity index (χ0v) is 12.7. The molecule has 21 heavy (non-hydrogen) atoms. The highest BCUT2D eigenvalue weighted by Gasteiger charge is 2.15. The van der Waals surface area contributed by atoms with Gasteiger partial charge in [0.05, 0.1) is 5.56 Å². The summed E-state index contributed by atoms with van der Waals surface area (Å²) >= 11 is 0. The van der Waals surface area contributed by atoms with E-state index in [1.54, 1.807) is 0 Å². The van der Waals surface area contributed by atoms with Gasteiger partial charge in [-0.2, -0.15) is 0 Å². The smallest absolute Gasteiger partial charge is 0.254 e. The summed E-state index contributed by atoms with van der Waals surface area (Å²) in [4.78, 5) is 14.1. The minimum absolute atomic E-state index is 0. The van der Waals surface area contributed by atoms with E-state index in [1.165, 1.54) is 13.0 Å². The van der Waals surface area contributed by atoms with Crippen molar-refractivity contribution in [1.82, 2.24) is 15.5 Å². The van der Waals surface area contributed by atoms with Crippen LogP contribution in [-0.4, -0.2) is 50.1 Å². The average Bonchev–Trinajstić information content (AvgIpc) is 2.44. The van der Waals surface area contributed by atoms with E-state index >= 15 is 0 Å². The molecular formula is C14H20ClF2N3O. The highest BCUT2D eigenvalue weighted by atomic mass is 35.5. The van der Waals surface area contributed by atoms with Gasteiger partial charge in [0.15, 0.2) is 0 Å². The Bertz CT molecular complexity index is 493. The quantitative estimate of drug-likeness (QED) is 0.880. The molecule has 0 spiro atoms. The first kappa shape index (κ1) is 17.8. The number of piperazine rings is 1. The first-order valence-corrected chi connectivity index (χ1v) is 6.75. The molecule has 1 saturated heterocycles. The lowest BCUT2D eigenvalue weighted by Crippen LogP contribution is -2.46. The number of aryl methyl sites for hydroxylation is 1. The summed E-state index contributed by atoms with van der Waals surface area (Å²) in [6, 6.07) is 1.99. The van der Waals surface area contributed by atoms with Crippen LogP contribution in [0.1, 0.15) is 15.9 Å². The van der Waals surface area contributed by atoms with Crippen molar-refractivity contribution in [2.24, 2.45) is 0 Å². The molecule has 2 N–H and O–H groups in total. The number of nitrogens with zero attached hydrogens (tertiary/aromatic N) is 1. The third-order valence-electron chi connectivity index (χ3n) is 3.42. The maximum Gasteiger partial charge on any atom is 0.254 e. The van der Waals surface area contributed by atoms with Gasteiger partial charge in [-0.25, -0.2) is 8.78 Å². The van der Waals surface area contributed by atoms with Crippen molar-refractivity contribution < 1.29 is 13.6 Å². The van der Waals surface area contributed by atoms with Gasteiger partial charge in [-0.05, 0) is 18.6 Å². The Kier molecular flexibility index (Phi) is 7.01. The maximum atomic E-state index is 13.5. The lowest BCUT2D eigenvalue weighted by atomic mass is 10.1. The molecule has 0 radical (unpaired) electrons. The molecule has 1 aromatic carbocycles. The molecule has 1 fully saturated rings. The van der Waals surface area contributed by atoms with E-state index in [4.69, 9.17) is 0 Å². The average molecular weight is 320 g/mol. The van der Waals surface area contributed by atoms with Gasteiger partial charge in [-0.1, -0.05) is 0 Å². The van der Waals surface area contributed by atoms with Gasteiger partial charge < -0.3 is 10.6 Å². The Morgan fingerprint density at radius 2 is 1.95 bits per heavy atom. The third kappa shape index (κ3) is 4.91. The molecule has 1 amide bonds. The Morgan fingerprint density at radius 3 is 2.62 bits per heavy atom. The largest absolute Gasteiger partial charge is 0.351 e. The van der Waals surface area contributed by atoms with E-state index in [-0.39, 0.29) is 23.5 Å². The molecule has 7 heteroatoms. The molecule has 0 aliphatic carbocycles. The summed E-state index contributed by atoms with van der Waals surface area (Å²) in [6.07, 6.45) is 0. The number of hydrogen-bond donors (Lipinski definition) is 2. The predicted molar refractivity (Wildman–Crippen MR) is 80.0 cm³/mol. The Hall–Kier alpha value is -1.24. The summed E-state index contributed by atoms with van der Waals surface area (Å²) in [6.45, 7) is 6.47. The second-order valence-corrected chi connectivity index (χ2v) is 4.93. The third-order valence-corrected chi connectivity index (χ3v) is 3.42. The lowest BCUT2D eigenvalue weighted by Gasteiger charge is -2.27. The number of nitrogens with one attached hydrogen (secondary N) is 2. The van der Waals surface area contributed by atoms with E-state index in [0.29, 0.717) is 6.54 Å². The van der Waals surface area contributed by atoms with Gasteiger partial charge in [-0.3, -0.25) is 9.69 Å². The van der Waals surface area contributed by atoms with Crippen molar-refractivity contribution in [1.29, 1.82) is 0 Å². The van der Waals surface area contributed by atoms with E-state index in [2.05, 4.69) is 15.5 Å². The molecule has 0 aromatic heterocycles. The molecule has 1 aromatic rings. The van der Waals surface area contributed by atoms with Crippen LogP contribution in [-0.2, 0) is 0 Å². The van der Waals surface area contributed by atoms with Crippen molar-refractivity contribution in [3.63, 3.8) is 0 Å². The zero-order chi connectivity index (χ0) is 14.5. The van der Waals surface area contributed by atoms with Gasteiger partial charge >= 0.3 is 0 Å².